The van der Waals surface area contributed by atoms with Crippen LogP contribution < -0.4 is 0 Å². The van der Waals surface area contributed by atoms with E-state index in [0.717, 1.165) is 37.8 Å². The highest BCUT2D eigenvalue weighted by atomic mass is 32.1. The second-order valence-electron chi connectivity index (χ2n) is 6.01. The van der Waals surface area contributed by atoms with E-state index in [9.17, 15) is 0 Å². The van der Waals surface area contributed by atoms with Gasteiger partial charge in [-0.05, 0) is 12.0 Å². The zero-order valence-corrected chi connectivity index (χ0v) is 13.5. The fourth-order valence-electron chi connectivity index (χ4n) is 2.90. The molecule has 0 radical (unpaired) electrons. The van der Waals surface area contributed by atoms with Gasteiger partial charge in [0.15, 0.2) is 0 Å². The highest BCUT2D eigenvalue weighted by molar-refractivity contribution is 7.80. The number of rotatable bonds is 3. The number of thiocarbonyl (C=S) groups is 1. The summed E-state index contributed by atoms with van der Waals surface area (Å²) in [5.41, 5.74) is 2.46. The zero-order valence-electron chi connectivity index (χ0n) is 12.7. The van der Waals surface area contributed by atoms with E-state index in [4.69, 9.17) is 17.0 Å². The van der Waals surface area contributed by atoms with Gasteiger partial charge >= 0.3 is 0 Å². The number of hydrogen-bond acceptors (Lipinski definition) is 2. The van der Waals surface area contributed by atoms with Crippen molar-refractivity contribution in [3.05, 3.63) is 36.0 Å². The van der Waals surface area contributed by atoms with Crippen molar-refractivity contribution in [2.45, 2.75) is 20.4 Å². The quantitative estimate of drug-likeness (QED) is 0.810. The summed E-state index contributed by atoms with van der Waals surface area (Å²) in [7, 11) is 0. The molecule has 0 bridgehead atoms. The van der Waals surface area contributed by atoms with E-state index >= 15 is 0 Å². The largest absolute Gasteiger partial charge is 0.378 e. The normalized spacial score (nSPS) is 15.9. The van der Waals surface area contributed by atoms with Crippen LogP contribution in [0.3, 0.4) is 0 Å². The molecular formula is C17H22N2OS. The monoisotopic (exact) mass is 302 g/mol. The molecule has 1 aliphatic heterocycles. The van der Waals surface area contributed by atoms with Crippen LogP contribution in [0.2, 0.25) is 0 Å². The molecule has 1 aromatic carbocycles. The third-order valence-electron chi connectivity index (χ3n) is 3.88. The first-order valence-corrected chi connectivity index (χ1v) is 8.02. The second-order valence-corrected chi connectivity index (χ2v) is 6.40. The lowest BCUT2D eigenvalue weighted by Gasteiger charge is -2.29. The molecule has 4 heteroatoms. The van der Waals surface area contributed by atoms with Crippen molar-refractivity contribution in [2.24, 2.45) is 5.92 Å². The Hall–Kier alpha value is -1.39. The summed E-state index contributed by atoms with van der Waals surface area (Å²) in [6, 6.07) is 8.55. The standard InChI is InChI=1S/C17H22N2OS/c1-13(2)11-19-12-15(14-5-3-4-6-16(14)19)17(21)18-7-9-20-10-8-18/h3-6,12-13H,7-11H2,1-2H3. The molecular weight excluding hydrogens is 280 g/mol. The lowest BCUT2D eigenvalue weighted by molar-refractivity contribution is 0.0693. The molecule has 0 spiro atoms. The minimum atomic E-state index is 0.616. The van der Waals surface area contributed by atoms with Crippen molar-refractivity contribution in [3.63, 3.8) is 0 Å². The van der Waals surface area contributed by atoms with Crippen molar-refractivity contribution in [1.82, 2.24) is 9.47 Å². The average Bonchev–Trinajstić information content (AvgIpc) is 2.86. The van der Waals surface area contributed by atoms with Gasteiger partial charge in [0.1, 0.15) is 4.99 Å². The molecule has 0 aliphatic carbocycles. The van der Waals surface area contributed by atoms with Gasteiger partial charge in [0, 0.05) is 42.3 Å². The van der Waals surface area contributed by atoms with Crippen LogP contribution in [-0.4, -0.2) is 40.8 Å². The van der Waals surface area contributed by atoms with Gasteiger partial charge in [0.2, 0.25) is 0 Å². The van der Waals surface area contributed by atoms with Crippen LogP contribution in [0.4, 0.5) is 0 Å². The molecule has 0 N–H and O–H groups in total. The predicted molar refractivity (Wildman–Crippen MR) is 90.9 cm³/mol. The Morgan fingerprint density at radius 3 is 2.67 bits per heavy atom. The van der Waals surface area contributed by atoms with Gasteiger partial charge in [-0.25, -0.2) is 0 Å². The van der Waals surface area contributed by atoms with Crippen molar-refractivity contribution in [3.8, 4) is 0 Å². The highest BCUT2D eigenvalue weighted by Gasteiger charge is 2.19. The van der Waals surface area contributed by atoms with E-state index < -0.39 is 0 Å². The third kappa shape index (κ3) is 2.97. The summed E-state index contributed by atoms with van der Waals surface area (Å²) < 4.78 is 7.76. The van der Waals surface area contributed by atoms with E-state index in [1.165, 1.54) is 16.5 Å². The summed E-state index contributed by atoms with van der Waals surface area (Å²) in [6.45, 7) is 8.83. The van der Waals surface area contributed by atoms with E-state index in [0.29, 0.717) is 5.92 Å². The Labute approximate surface area is 131 Å². The van der Waals surface area contributed by atoms with E-state index in [-0.39, 0.29) is 0 Å². The Bertz CT molecular complexity index is 641. The maximum atomic E-state index is 5.75. The van der Waals surface area contributed by atoms with Crippen LogP contribution >= 0.6 is 12.2 Å². The Morgan fingerprint density at radius 2 is 1.95 bits per heavy atom. The first kappa shape index (κ1) is 14.5. The van der Waals surface area contributed by atoms with E-state index in [2.05, 4.69) is 53.8 Å². The minimum absolute atomic E-state index is 0.616. The smallest absolute Gasteiger partial charge is 0.111 e. The molecule has 1 saturated heterocycles. The van der Waals surface area contributed by atoms with E-state index in [1.807, 2.05) is 0 Å². The first-order valence-electron chi connectivity index (χ1n) is 7.61. The van der Waals surface area contributed by atoms with Gasteiger partial charge in [-0.2, -0.15) is 0 Å². The average molecular weight is 302 g/mol. The molecule has 112 valence electrons. The second kappa shape index (κ2) is 6.16. The number of aromatic nitrogens is 1. The van der Waals surface area contributed by atoms with Gasteiger partial charge in [0.05, 0.1) is 13.2 Å². The van der Waals surface area contributed by atoms with Gasteiger partial charge in [-0.1, -0.05) is 44.3 Å². The van der Waals surface area contributed by atoms with Crippen LogP contribution in [-0.2, 0) is 11.3 Å². The van der Waals surface area contributed by atoms with Gasteiger partial charge < -0.3 is 14.2 Å². The van der Waals surface area contributed by atoms with Crippen LogP contribution in [0, 0.1) is 5.92 Å². The number of morpholine rings is 1. The highest BCUT2D eigenvalue weighted by Crippen LogP contribution is 2.24. The lowest BCUT2D eigenvalue weighted by atomic mass is 10.1. The number of ether oxygens (including phenoxy) is 1. The Kier molecular flexibility index (Phi) is 4.27. The van der Waals surface area contributed by atoms with Crippen LogP contribution in [0.1, 0.15) is 19.4 Å². The van der Waals surface area contributed by atoms with Crippen molar-refractivity contribution >= 4 is 28.1 Å². The number of para-hydroxylation sites is 1. The fraction of sp³-hybridized carbons (Fsp3) is 0.471. The fourth-order valence-corrected chi connectivity index (χ4v) is 3.24. The molecule has 0 saturated carbocycles. The molecule has 1 fully saturated rings. The zero-order chi connectivity index (χ0) is 14.8. The SMILES string of the molecule is CC(C)Cn1cc(C(=S)N2CCOCC2)c2ccccc21. The number of fused-ring (bicyclic) bond motifs is 1. The Balaban J connectivity index is 1.99. The van der Waals surface area contributed by atoms with Gasteiger partial charge in [-0.3, -0.25) is 0 Å². The third-order valence-corrected chi connectivity index (χ3v) is 4.36. The number of benzene rings is 1. The molecule has 0 atom stereocenters. The summed E-state index contributed by atoms with van der Waals surface area (Å²) in [6.07, 6.45) is 2.22. The Morgan fingerprint density at radius 1 is 1.24 bits per heavy atom. The molecule has 0 amide bonds. The number of hydrogen-bond donors (Lipinski definition) is 0. The molecule has 3 rings (SSSR count). The first-order chi connectivity index (χ1) is 10.2. The van der Waals surface area contributed by atoms with Crippen LogP contribution in [0.25, 0.3) is 10.9 Å². The topological polar surface area (TPSA) is 17.4 Å². The van der Waals surface area contributed by atoms with Crippen LogP contribution in [0.5, 0.6) is 0 Å². The minimum Gasteiger partial charge on any atom is -0.378 e. The molecule has 0 unspecified atom stereocenters. The van der Waals surface area contributed by atoms with Gasteiger partial charge in [-0.15, -0.1) is 0 Å². The van der Waals surface area contributed by atoms with Crippen molar-refractivity contribution in [1.29, 1.82) is 0 Å². The molecule has 1 aromatic heterocycles. The maximum absolute atomic E-state index is 5.75. The summed E-state index contributed by atoms with van der Waals surface area (Å²) >= 11 is 5.75. The van der Waals surface area contributed by atoms with Crippen molar-refractivity contribution in [2.75, 3.05) is 26.3 Å². The predicted octanol–water partition coefficient (Wildman–Crippen LogP) is 3.31. The molecule has 3 nitrogen and oxygen atoms in total. The van der Waals surface area contributed by atoms with Crippen molar-refractivity contribution < 1.29 is 4.74 Å². The molecule has 21 heavy (non-hydrogen) atoms. The molecule has 2 aromatic rings. The summed E-state index contributed by atoms with van der Waals surface area (Å²) in [5.74, 6) is 0.616. The van der Waals surface area contributed by atoms with E-state index in [1.54, 1.807) is 0 Å². The van der Waals surface area contributed by atoms with Gasteiger partial charge in [0.25, 0.3) is 0 Å². The summed E-state index contributed by atoms with van der Waals surface area (Å²) in [4.78, 5) is 3.22. The lowest BCUT2D eigenvalue weighted by Crippen LogP contribution is -2.40. The number of nitrogens with zero attached hydrogens (tertiary/aromatic N) is 2. The molecule has 1 aliphatic rings. The summed E-state index contributed by atoms with van der Waals surface area (Å²) in [5, 5.41) is 1.26. The van der Waals surface area contributed by atoms with Crippen LogP contribution in [0.15, 0.2) is 30.5 Å². The molecule has 2 heterocycles. The maximum Gasteiger partial charge on any atom is 0.111 e.